The molecule has 0 spiro atoms. The van der Waals surface area contributed by atoms with Gasteiger partial charge >= 0.3 is 0 Å². The molecule has 2 aromatic heterocycles. The van der Waals surface area contributed by atoms with Crippen LogP contribution in [0.3, 0.4) is 0 Å². The molecule has 3 heterocycles. The van der Waals surface area contributed by atoms with Crippen LogP contribution in [0.25, 0.3) is 11.3 Å². The van der Waals surface area contributed by atoms with Crippen molar-refractivity contribution in [3.8, 4) is 11.3 Å². The predicted molar refractivity (Wildman–Crippen MR) is 115 cm³/mol. The van der Waals surface area contributed by atoms with E-state index in [1.165, 1.54) is 5.56 Å². The second-order valence-electron chi connectivity index (χ2n) is 7.04. The molecule has 0 radical (unpaired) electrons. The van der Waals surface area contributed by atoms with Gasteiger partial charge < -0.3 is 10.2 Å². The van der Waals surface area contributed by atoms with Gasteiger partial charge in [0.25, 0.3) is 0 Å². The van der Waals surface area contributed by atoms with Crippen LogP contribution in [0.5, 0.6) is 0 Å². The maximum Gasteiger partial charge on any atom is 0.194 e. The van der Waals surface area contributed by atoms with Crippen LogP contribution in [0.1, 0.15) is 29.8 Å². The van der Waals surface area contributed by atoms with Gasteiger partial charge in [0.05, 0.1) is 18.4 Å². The molecule has 4 rings (SSSR count). The van der Waals surface area contributed by atoms with Crippen LogP contribution in [-0.2, 0) is 13.6 Å². The lowest BCUT2D eigenvalue weighted by Crippen LogP contribution is -2.40. The van der Waals surface area contributed by atoms with Crippen molar-refractivity contribution in [2.75, 3.05) is 19.6 Å². The fourth-order valence-electron chi connectivity index (χ4n) is 3.57. The highest BCUT2D eigenvalue weighted by atomic mass is 32.1. The van der Waals surface area contributed by atoms with Gasteiger partial charge in [-0.3, -0.25) is 4.68 Å². The fourth-order valence-corrected chi connectivity index (χ4v) is 4.30. The summed E-state index contributed by atoms with van der Waals surface area (Å²) in [6, 6.07) is 10.3. The van der Waals surface area contributed by atoms with Gasteiger partial charge in [-0.15, -0.1) is 11.3 Å². The van der Waals surface area contributed by atoms with E-state index in [-0.39, 0.29) is 0 Å². The van der Waals surface area contributed by atoms with E-state index in [1.807, 2.05) is 36.1 Å². The summed E-state index contributed by atoms with van der Waals surface area (Å²) in [6.07, 6.45) is 5.24. The third-order valence-electron chi connectivity index (χ3n) is 5.00. The molecule has 1 N–H and O–H groups in total. The molecule has 3 aromatic rings. The number of nitrogens with one attached hydrogen (secondary N) is 1. The van der Waals surface area contributed by atoms with Crippen molar-refractivity contribution < 1.29 is 0 Å². The van der Waals surface area contributed by atoms with E-state index in [0.29, 0.717) is 12.5 Å². The maximum atomic E-state index is 4.86. The average Bonchev–Trinajstić information content (AvgIpc) is 3.46. The summed E-state index contributed by atoms with van der Waals surface area (Å²) >= 11 is 1.67. The number of benzene rings is 1. The van der Waals surface area contributed by atoms with Crippen LogP contribution < -0.4 is 5.32 Å². The zero-order valence-corrected chi connectivity index (χ0v) is 17.2. The Bertz CT molecular complexity index is 929. The second-order valence-corrected chi connectivity index (χ2v) is 7.98. The van der Waals surface area contributed by atoms with Gasteiger partial charge in [0.1, 0.15) is 5.01 Å². The first-order chi connectivity index (χ1) is 13.7. The zero-order valence-electron chi connectivity index (χ0n) is 16.4. The molecule has 1 saturated heterocycles. The monoisotopic (exact) mass is 394 g/mol. The second kappa shape index (κ2) is 8.56. The number of hydrogen-bond acceptors (Lipinski definition) is 4. The summed E-state index contributed by atoms with van der Waals surface area (Å²) in [7, 11) is 1.97. The zero-order chi connectivity index (χ0) is 19.3. The Labute approximate surface area is 169 Å². The standard InChI is InChI=1S/C21H26N6S/c1-3-22-21(27-10-9-17(14-27)18-11-24-26(2)13-18)23-12-20-25-19(15-28-20)16-7-5-4-6-8-16/h4-8,11,13,15,17H,3,9-10,12,14H2,1-2H3,(H,22,23). The molecule has 28 heavy (non-hydrogen) atoms. The van der Waals surface area contributed by atoms with Gasteiger partial charge in [0.2, 0.25) is 0 Å². The molecule has 1 fully saturated rings. The Morgan fingerprint density at radius 3 is 2.93 bits per heavy atom. The number of aromatic nitrogens is 3. The van der Waals surface area contributed by atoms with Crippen molar-refractivity contribution in [1.82, 2.24) is 25.0 Å². The molecule has 146 valence electrons. The van der Waals surface area contributed by atoms with Crippen molar-refractivity contribution in [1.29, 1.82) is 0 Å². The first kappa shape index (κ1) is 18.7. The molecular weight excluding hydrogens is 368 g/mol. The quantitative estimate of drug-likeness (QED) is 0.532. The number of rotatable bonds is 5. The minimum atomic E-state index is 0.516. The molecule has 1 atom stereocenters. The van der Waals surface area contributed by atoms with E-state index < -0.39 is 0 Å². The van der Waals surface area contributed by atoms with E-state index in [1.54, 1.807) is 11.3 Å². The average molecular weight is 395 g/mol. The van der Waals surface area contributed by atoms with Crippen molar-refractivity contribution in [2.45, 2.75) is 25.8 Å². The van der Waals surface area contributed by atoms with Gasteiger partial charge in [-0.05, 0) is 18.9 Å². The lowest BCUT2D eigenvalue weighted by Gasteiger charge is -2.21. The Morgan fingerprint density at radius 2 is 2.18 bits per heavy atom. The van der Waals surface area contributed by atoms with Crippen LogP contribution in [0, 0.1) is 0 Å². The van der Waals surface area contributed by atoms with Crippen LogP contribution in [0.15, 0.2) is 53.1 Å². The number of hydrogen-bond donors (Lipinski definition) is 1. The molecule has 1 aromatic carbocycles. The third kappa shape index (κ3) is 4.25. The van der Waals surface area contributed by atoms with Crippen molar-refractivity contribution >= 4 is 17.3 Å². The highest BCUT2D eigenvalue weighted by molar-refractivity contribution is 7.09. The smallest absolute Gasteiger partial charge is 0.194 e. The van der Waals surface area contributed by atoms with Crippen LogP contribution >= 0.6 is 11.3 Å². The number of likely N-dealkylation sites (tertiary alicyclic amines) is 1. The Hall–Kier alpha value is -2.67. The van der Waals surface area contributed by atoms with Gasteiger partial charge in [0.15, 0.2) is 5.96 Å². The van der Waals surface area contributed by atoms with E-state index in [2.05, 4.69) is 45.9 Å². The Morgan fingerprint density at radius 1 is 1.32 bits per heavy atom. The number of aryl methyl sites for hydroxylation is 1. The topological polar surface area (TPSA) is 58.3 Å². The molecule has 7 heteroatoms. The predicted octanol–water partition coefficient (Wildman–Crippen LogP) is 3.50. The number of aliphatic imine (C=N–C) groups is 1. The molecule has 6 nitrogen and oxygen atoms in total. The first-order valence-electron chi connectivity index (χ1n) is 9.74. The Kier molecular flexibility index (Phi) is 5.71. The Balaban J connectivity index is 1.43. The summed E-state index contributed by atoms with van der Waals surface area (Å²) in [6.45, 7) is 5.57. The minimum absolute atomic E-state index is 0.516. The lowest BCUT2D eigenvalue weighted by atomic mass is 10.0. The molecule has 1 unspecified atom stereocenters. The van der Waals surface area contributed by atoms with Crippen LogP contribution in [0.4, 0.5) is 0 Å². The first-order valence-corrected chi connectivity index (χ1v) is 10.6. The molecule has 1 aliphatic heterocycles. The molecule has 0 bridgehead atoms. The van der Waals surface area contributed by atoms with Crippen LogP contribution in [0.2, 0.25) is 0 Å². The molecular formula is C21H26N6S. The van der Waals surface area contributed by atoms with Gasteiger partial charge in [-0.25, -0.2) is 9.98 Å². The molecule has 0 aliphatic carbocycles. The van der Waals surface area contributed by atoms with Gasteiger partial charge in [-0.2, -0.15) is 5.10 Å². The SMILES string of the molecule is CCNC(=NCc1nc(-c2ccccc2)cs1)N1CCC(c2cnn(C)c2)C1. The lowest BCUT2D eigenvalue weighted by molar-refractivity contribution is 0.486. The summed E-state index contributed by atoms with van der Waals surface area (Å²) in [5, 5.41) is 10.9. The summed E-state index contributed by atoms with van der Waals surface area (Å²) in [5.41, 5.74) is 3.49. The van der Waals surface area contributed by atoms with Crippen molar-refractivity contribution in [3.05, 3.63) is 58.7 Å². The van der Waals surface area contributed by atoms with Gasteiger partial charge in [0, 0.05) is 49.7 Å². The van der Waals surface area contributed by atoms with E-state index >= 15 is 0 Å². The number of guanidine groups is 1. The molecule has 0 amide bonds. The summed E-state index contributed by atoms with van der Waals surface area (Å²) < 4.78 is 1.88. The molecule has 1 aliphatic rings. The highest BCUT2D eigenvalue weighted by Gasteiger charge is 2.26. The third-order valence-corrected chi connectivity index (χ3v) is 5.84. The minimum Gasteiger partial charge on any atom is -0.357 e. The summed E-state index contributed by atoms with van der Waals surface area (Å²) in [5.74, 6) is 1.49. The largest absolute Gasteiger partial charge is 0.357 e. The van der Waals surface area contributed by atoms with E-state index in [0.717, 1.165) is 48.3 Å². The summed E-state index contributed by atoms with van der Waals surface area (Å²) in [4.78, 5) is 12.0. The maximum absolute atomic E-state index is 4.86. The number of nitrogens with zero attached hydrogens (tertiary/aromatic N) is 5. The van der Waals surface area contributed by atoms with Crippen molar-refractivity contribution in [3.63, 3.8) is 0 Å². The molecule has 0 saturated carbocycles. The van der Waals surface area contributed by atoms with E-state index in [9.17, 15) is 0 Å². The van der Waals surface area contributed by atoms with E-state index in [4.69, 9.17) is 9.98 Å². The normalized spacial score (nSPS) is 17.3. The number of thiazole rings is 1. The fraction of sp³-hybridized carbons (Fsp3) is 0.381. The van der Waals surface area contributed by atoms with Crippen molar-refractivity contribution in [2.24, 2.45) is 12.0 Å². The van der Waals surface area contributed by atoms with Gasteiger partial charge in [-0.1, -0.05) is 30.3 Å². The van der Waals surface area contributed by atoms with Crippen LogP contribution in [-0.4, -0.2) is 45.3 Å². The highest BCUT2D eigenvalue weighted by Crippen LogP contribution is 2.27.